The predicted molar refractivity (Wildman–Crippen MR) is 101 cm³/mol. The maximum absolute atomic E-state index is 8.11. The van der Waals surface area contributed by atoms with Crippen molar-refractivity contribution < 1.29 is 62.0 Å². The molecule has 0 aromatic heterocycles. The number of hydrogen-bond donors (Lipinski definition) is 10. The molecule has 5 atom stereocenters. The van der Waals surface area contributed by atoms with Gasteiger partial charge in [-0.05, 0) is 34.6 Å². The normalized spacial score (nSPS) is 13.9. The highest BCUT2D eigenvalue weighted by Crippen LogP contribution is 1.70. The lowest BCUT2D eigenvalue weighted by atomic mass is 10.5. The lowest BCUT2D eigenvalue weighted by Crippen LogP contribution is -2.03. The van der Waals surface area contributed by atoms with Gasteiger partial charge in [0.2, 0.25) is 0 Å². The summed E-state index contributed by atoms with van der Waals surface area (Å²) in [6.07, 6.45) is -2.80. The van der Waals surface area contributed by atoms with E-state index >= 15 is 0 Å². The van der Waals surface area contributed by atoms with Crippen LogP contribution in [0, 0.1) is 0 Å². The molecule has 0 aromatic rings. The summed E-state index contributed by atoms with van der Waals surface area (Å²) in [5.41, 5.74) is 0. The van der Waals surface area contributed by atoms with E-state index in [1.165, 1.54) is 34.6 Å². The van der Waals surface area contributed by atoms with Gasteiger partial charge < -0.3 is 62.0 Å². The van der Waals surface area contributed by atoms with Gasteiger partial charge in [-0.1, -0.05) is 0 Å². The van der Waals surface area contributed by atoms with Crippen LogP contribution in [0.3, 0.4) is 0 Å². The van der Waals surface area contributed by atoms with Crippen LogP contribution in [0.5, 0.6) is 0 Å². The third-order valence-electron chi connectivity index (χ3n) is 1.32. The minimum absolute atomic E-state index is 0. The molecule has 0 saturated carbocycles. The Labute approximate surface area is 161 Å². The van der Waals surface area contributed by atoms with E-state index in [4.69, 9.17) is 51.1 Å². The Morgan fingerprint density at radius 3 is 0.407 bits per heavy atom. The zero-order chi connectivity index (χ0) is 21.4. The molecule has 14 N–H and O–H groups in total. The van der Waals surface area contributed by atoms with E-state index in [-0.39, 0.29) is 44.0 Å². The largest absolute Gasteiger partial charge is 0.412 e. The third-order valence-corrected chi connectivity index (χ3v) is 1.32. The Balaban J connectivity index is -0.0000000364. The smallest absolute Gasteiger partial charge is 0.0742 e. The van der Waals surface area contributed by atoms with Crippen LogP contribution in [0.4, 0.5) is 0 Å². The molecule has 0 aromatic carbocycles. The summed E-state index contributed by atoms with van der Waals surface area (Å²) in [6, 6.07) is 0. The van der Waals surface area contributed by atoms with E-state index in [2.05, 4.69) is 0 Å². The molecule has 0 saturated heterocycles. The maximum atomic E-state index is 8.11. The molecule has 0 spiro atoms. The first-order chi connectivity index (χ1) is 11.4. The van der Waals surface area contributed by atoms with Gasteiger partial charge >= 0.3 is 0 Å². The summed E-state index contributed by atoms with van der Waals surface area (Å²) in [5.74, 6) is 0. The van der Waals surface area contributed by atoms with Gasteiger partial charge in [0.1, 0.15) is 0 Å². The van der Waals surface area contributed by atoms with Crippen LogP contribution in [0.1, 0.15) is 34.6 Å². The highest BCUT2D eigenvalue weighted by Gasteiger charge is 1.85. The van der Waals surface area contributed by atoms with E-state index in [1.807, 2.05) is 0 Å². The molecule has 176 valence electrons. The standard InChI is InChI=1S/5C3H8O2.2H2O/c5*1-3(5)2-4;;/h5*3-5H,2H2,1H3;2*1H2. The second-order valence-corrected chi connectivity index (χ2v) is 5.16. The van der Waals surface area contributed by atoms with Gasteiger partial charge in [-0.15, -0.1) is 0 Å². The molecular weight excluding hydrogens is 372 g/mol. The van der Waals surface area contributed by atoms with Crippen LogP contribution in [-0.4, -0.2) is 126 Å². The van der Waals surface area contributed by atoms with Crippen LogP contribution in [0.2, 0.25) is 0 Å². The third kappa shape index (κ3) is 156. The molecule has 0 aliphatic rings. The van der Waals surface area contributed by atoms with Crippen LogP contribution in [-0.2, 0) is 0 Å². The van der Waals surface area contributed by atoms with Gasteiger partial charge in [0.25, 0.3) is 0 Å². The Kier molecular flexibility index (Phi) is 67.6. The van der Waals surface area contributed by atoms with Gasteiger partial charge in [-0.25, -0.2) is 0 Å². The van der Waals surface area contributed by atoms with Gasteiger partial charge in [0, 0.05) is 0 Å². The summed E-state index contributed by atoms with van der Waals surface area (Å²) in [4.78, 5) is 0. The molecule has 12 nitrogen and oxygen atoms in total. The Hall–Kier alpha value is -0.480. The quantitative estimate of drug-likeness (QED) is 0.204. The lowest BCUT2D eigenvalue weighted by Gasteiger charge is -1.90. The van der Waals surface area contributed by atoms with Crippen LogP contribution in [0.25, 0.3) is 0 Å². The monoisotopic (exact) mass is 416 g/mol. The van der Waals surface area contributed by atoms with Crippen molar-refractivity contribution in [3.05, 3.63) is 0 Å². The van der Waals surface area contributed by atoms with Crippen molar-refractivity contribution in [3.8, 4) is 0 Å². The average molecular weight is 417 g/mol. The maximum Gasteiger partial charge on any atom is 0.0742 e. The zero-order valence-electron chi connectivity index (χ0n) is 16.9. The summed E-state index contributed by atoms with van der Waals surface area (Å²) in [5, 5.41) is 80.0. The molecule has 0 rings (SSSR count). The fourth-order valence-corrected chi connectivity index (χ4v) is 0. The molecule has 0 aliphatic heterocycles. The number of hydrogen-bond acceptors (Lipinski definition) is 10. The van der Waals surface area contributed by atoms with E-state index in [1.54, 1.807) is 0 Å². The first-order valence-electron chi connectivity index (χ1n) is 7.80. The molecule has 0 bridgehead atoms. The van der Waals surface area contributed by atoms with Crippen LogP contribution >= 0.6 is 0 Å². The van der Waals surface area contributed by atoms with E-state index in [0.717, 1.165) is 0 Å². The highest BCUT2D eigenvalue weighted by molar-refractivity contribution is 4.35. The minimum atomic E-state index is -0.560. The van der Waals surface area contributed by atoms with Crippen molar-refractivity contribution in [1.82, 2.24) is 0 Å². The molecule has 12 heteroatoms. The molecule has 0 aliphatic carbocycles. The second kappa shape index (κ2) is 40.3. The minimum Gasteiger partial charge on any atom is -0.412 e. The molecule has 5 unspecified atom stereocenters. The first kappa shape index (κ1) is 45.3. The molecule has 0 amide bonds. The lowest BCUT2D eigenvalue weighted by molar-refractivity contribution is 0.110. The summed E-state index contributed by atoms with van der Waals surface area (Å²) in [6.45, 7) is 6.94. The topological polar surface area (TPSA) is 265 Å². The molecule has 0 radical (unpaired) electrons. The summed E-state index contributed by atoms with van der Waals surface area (Å²) < 4.78 is 0. The average Bonchev–Trinajstić information content (AvgIpc) is 2.56. The summed E-state index contributed by atoms with van der Waals surface area (Å²) >= 11 is 0. The van der Waals surface area contributed by atoms with E-state index < -0.39 is 30.5 Å². The second-order valence-electron chi connectivity index (χ2n) is 5.16. The SMILES string of the molecule is CC(O)CO.CC(O)CO.CC(O)CO.CC(O)CO.CC(O)CO.O.O. The van der Waals surface area contributed by atoms with Crippen molar-refractivity contribution in [2.45, 2.75) is 65.1 Å². The highest BCUT2D eigenvalue weighted by atomic mass is 16.3. The van der Waals surface area contributed by atoms with E-state index in [9.17, 15) is 0 Å². The van der Waals surface area contributed by atoms with E-state index in [0.29, 0.717) is 0 Å². The molecular formula is C15H44O12. The Bertz CT molecular complexity index is 143. The number of aliphatic hydroxyl groups is 10. The van der Waals surface area contributed by atoms with Crippen molar-refractivity contribution in [1.29, 1.82) is 0 Å². The van der Waals surface area contributed by atoms with Gasteiger partial charge in [0.15, 0.2) is 0 Å². The van der Waals surface area contributed by atoms with Crippen LogP contribution < -0.4 is 0 Å². The van der Waals surface area contributed by atoms with Crippen LogP contribution in [0.15, 0.2) is 0 Å². The van der Waals surface area contributed by atoms with Crippen molar-refractivity contribution in [2.75, 3.05) is 33.0 Å². The Morgan fingerprint density at radius 1 is 0.370 bits per heavy atom. The van der Waals surface area contributed by atoms with Gasteiger partial charge in [-0.2, -0.15) is 0 Å². The first-order valence-corrected chi connectivity index (χ1v) is 7.80. The molecule has 0 heterocycles. The van der Waals surface area contributed by atoms with Gasteiger partial charge in [-0.3, -0.25) is 0 Å². The fraction of sp³-hybridized carbons (Fsp3) is 1.00. The number of rotatable bonds is 5. The van der Waals surface area contributed by atoms with Crippen molar-refractivity contribution in [2.24, 2.45) is 0 Å². The molecule has 27 heavy (non-hydrogen) atoms. The fourth-order valence-electron chi connectivity index (χ4n) is 0. The number of aliphatic hydroxyl groups excluding tert-OH is 10. The predicted octanol–water partition coefficient (Wildman–Crippen LogP) is -4.85. The Morgan fingerprint density at radius 2 is 0.407 bits per heavy atom. The van der Waals surface area contributed by atoms with Gasteiger partial charge in [0.05, 0.1) is 63.6 Å². The van der Waals surface area contributed by atoms with Crippen molar-refractivity contribution >= 4 is 0 Å². The molecule has 0 fully saturated rings. The van der Waals surface area contributed by atoms with Crippen molar-refractivity contribution in [3.63, 3.8) is 0 Å². The summed E-state index contributed by atoms with van der Waals surface area (Å²) in [7, 11) is 0. The zero-order valence-corrected chi connectivity index (χ0v) is 16.9.